The number of rotatable bonds is 5. The Bertz CT molecular complexity index is 371. The average molecular weight is 344 g/mol. The molecule has 9 heteroatoms. The van der Waals surface area contributed by atoms with Crippen LogP contribution in [0.4, 0.5) is 0 Å². The molecule has 2 saturated heterocycles. The summed E-state index contributed by atoms with van der Waals surface area (Å²) in [6.45, 7) is 2.45. The lowest BCUT2D eigenvalue weighted by atomic mass is 9.99. The van der Waals surface area contributed by atoms with Crippen molar-refractivity contribution in [3.63, 3.8) is 0 Å². The van der Waals surface area contributed by atoms with E-state index in [1.54, 1.807) is 21.3 Å². The van der Waals surface area contributed by atoms with Gasteiger partial charge >= 0.3 is 0 Å². The molecule has 2 fully saturated rings. The number of ether oxygens (including phenoxy) is 4. The predicted molar refractivity (Wildman–Crippen MR) is 80.5 cm³/mol. The van der Waals surface area contributed by atoms with Gasteiger partial charge in [-0.2, -0.15) is 0 Å². The van der Waals surface area contributed by atoms with Gasteiger partial charge in [0.1, 0.15) is 18.3 Å². The Balaban J connectivity index is 2.18. The van der Waals surface area contributed by atoms with E-state index in [9.17, 15) is 0 Å². The predicted octanol–water partition coefficient (Wildman–Crippen LogP) is 1.78. The molecule has 20 heavy (non-hydrogen) atoms. The van der Waals surface area contributed by atoms with Crippen molar-refractivity contribution in [2.24, 2.45) is 0 Å². The van der Waals surface area contributed by atoms with Crippen LogP contribution in [0.5, 0.6) is 0 Å². The first-order chi connectivity index (χ1) is 9.58. The van der Waals surface area contributed by atoms with E-state index in [0.717, 1.165) is 0 Å². The van der Waals surface area contributed by atoms with Crippen molar-refractivity contribution in [3.05, 3.63) is 0 Å². The molecular weight excluding hydrogens is 323 g/mol. The van der Waals surface area contributed by atoms with Crippen molar-refractivity contribution >= 4 is 28.9 Å². The Hall–Kier alpha value is 0.760. The summed E-state index contributed by atoms with van der Waals surface area (Å²) in [7, 11) is 4.81. The van der Waals surface area contributed by atoms with Crippen LogP contribution in [-0.4, -0.2) is 64.4 Å². The molecule has 2 heterocycles. The fourth-order valence-corrected chi connectivity index (χ4v) is 7.25. The lowest BCUT2D eigenvalue weighted by Gasteiger charge is -2.48. The van der Waals surface area contributed by atoms with E-state index in [0.29, 0.717) is 12.4 Å². The van der Waals surface area contributed by atoms with E-state index in [4.69, 9.17) is 39.8 Å². The van der Waals surface area contributed by atoms with E-state index < -0.39 is 12.0 Å². The molecule has 0 aromatic rings. The van der Waals surface area contributed by atoms with Gasteiger partial charge in [-0.15, -0.1) is 0 Å². The molecule has 6 nitrogen and oxygen atoms in total. The summed E-state index contributed by atoms with van der Waals surface area (Å²) in [5, 5.41) is 0. The Morgan fingerprint density at radius 1 is 1.20 bits per heavy atom. The van der Waals surface area contributed by atoms with Crippen LogP contribution >= 0.6 is 17.1 Å². The minimum absolute atomic E-state index is 0.141. The van der Waals surface area contributed by atoms with Crippen molar-refractivity contribution < 1.29 is 28.0 Å². The molecule has 0 radical (unpaired) electrons. The molecule has 0 N–H and O–H groups in total. The third-order valence-electron chi connectivity index (χ3n) is 3.30. The summed E-state index contributed by atoms with van der Waals surface area (Å²) in [6, 6.07) is 0. The molecule has 0 aliphatic carbocycles. The zero-order chi connectivity index (χ0) is 14.8. The highest BCUT2D eigenvalue weighted by molar-refractivity contribution is 8.68. The summed E-state index contributed by atoms with van der Waals surface area (Å²) in [5.41, 5.74) is -2.32. The highest BCUT2D eigenvalue weighted by Crippen LogP contribution is 2.65. The molecule has 0 aromatic carbocycles. The van der Waals surface area contributed by atoms with Gasteiger partial charge in [0.2, 0.25) is 5.69 Å². The molecule has 2 aliphatic heterocycles. The molecule has 6 atom stereocenters. The second kappa shape index (κ2) is 7.35. The fraction of sp³-hybridized carbons (Fsp3) is 1.00. The molecule has 2 aliphatic rings. The third kappa shape index (κ3) is 3.39. The number of fused-ring (bicyclic) bond motifs is 1. The molecule has 2 rings (SSSR count). The number of hydrogen-bond donors (Lipinski definition) is 0. The standard InChI is InChI=1S/C11H21O6PS2/c1-5-15-18(19)17-8-7(6-20-18)16-11(14-4)10(13-3)9(8)12-2/h7-11H,5-6H2,1-4H3/t7-,8-,9+,10-,11+,18+/m1/s1. The highest BCUT2D eigenvalue weighted by Gasteiger charge is 2.52. The van der Waals surface area contributed by atoms with Crippen LogP contribution in [0.3, 0.4) is 0 Å². The minimum atomic E-state index is -2.32. The van der Waals surface area contributed by atoms with Gasteiger partial charge < -0.3 is 28.0 Å². The van der Waals surface area contributed by atoms with E-state index in [-0.39, 0.29) is 24.4 Å². The van der Waals surface area contributed by atoms with Crippen molar-refractivity contribution in [3.8, 4) is 0 Å². The summed E-state index contributed by atoms with van der Waals surface area (Å²) >= 11 is 7.02. The van der Waals surface area contributed by atoms with Crippen LogP contribution < -0.4 is 0 Å². The van der Waals surface area contributed by atoms with Gasteiger partial charge in [-0.25, -0.2) is 0 Å². The van der Waals surface area contributed by atoms with Gasteiger partial charge in [0, 0.05) is 27.1 Å². The Morgan fingerprint density at radius 3 is 2.45 bits per heavy atom. The Kier molecular flexibility index (Phi) is 6.29. The van der Waals surface area contributed by atoms with Crippen LogP contribution in [0.2, 0.25) is 0 Å². The van der Waals surface area contributed by atoms with Gasteiger partial charge in [-0.05, 0) is 18.7 Å². The van der Waals surface area contributed by atoms with Crippen LogP contribution in [-0.2, 0) is 39.8 Å². The minimum Gasteiger partial charge on any atom is -0.376 e. The number of methoxy groups -OCH3 is 3. The van der Waals surface area contributed by atoms with Crippen molar-refractivity contribution in [2.45, 2.75) is 37.6 Å². The van der Waals surface area contributed by atoms with Gasteiger partial charge in [-0.3, -0.25) is 0 Å². The molecule has 0 spiro atoms. The molecule has 0 amide bonds. The molecule has 118 valence electrons. The van der Waals surface area contributed by atoms with Gasteiger partial charge in [0.25, 0.3) is 0 Å². The first-order valence-corrected chi connectivity index (χ1v) is 10.6. The second-order valence-electron chi connectivity index (χ2n) is 4.41. The zero-order valence-electron chi connectivity index (χ0n) is 12.0. The Morgan fingerprint density at radius 2 is 1.90 bits per heavy atom. The molecule has 0 aromatic heterocycles. The zero-order valence-corrected chi connectivity index (χ0v) is 14.5. The van der Waals surface area contributed by atoms with Gasteiger partial charge in [-0.1, -0.05) is 11.4 Å². The summed E-state index contributed by atoms with van der Waals surface area (Å²) < 4.78 is 33.9. The lowest BCUT2D eigenvalue weighted by Crippen LogP contribution is -2.61. The first kappa shape index (κ1) is 17.1. The first-order valence-electron chi connectivity index (χ1n) is 6.40. The highest BCUT2D eigenvalue weighted by atomic mass is 32.9. The topological polar surface area (TPSA) is 55.4 Å². The van der Waals surface area contributed by atoms with Gasteiger partial charge in [0.05, 0.1) is 12.7 Å². The second-order valence-corrected chi connectivity index (χ2v) is 10.7. The average Bonchev–Trinajstić information content (AvgIpc) is 2.45. The van der Waals surface area contributed by atoms with Crippen LogP contribution in [0.1, 0.15) is 6.92 Å². The summed E-state index contributed by atoms with van der Waals surface area (Å²) in [6.07, 6.45) is -1.57. The van der Waals surface area contributed by atoms with Crippen LogP contribution in [0.25, 0.3) is 0 Å². The van der Waals surface area contributed by atoms with Crippen LogP contribution in [0.15, 0.2) is 0 Å². The van der Waals surface area contributed by atoms with Gasteiger partial charge in [0.15, 0.2) is 6.29 Å². The lowest BCUT2D eigenvalue weighted by molar-refractivity contribution is -0.290. The molecule has 0 unspecified atom stereocenters. The SMILES string of the molecule is CCO[P@@]1(=S)O[C@H]2[C@H](OC)[C@@H](OC)[C@@H](OC)O[C@@H]2CS1. The maximum Gasteiger partial charge on any atom is 0.247 e. The fourth-order valence-electron chi connectivity index (χ4n) is 2.42. The normalized spacial score (nSPS) is 45.1. The van der Waals surface area contributed by atoms with Crippen LogP contribution in [0, 0.1) is 0 Å². The Labute approximate surface area is 128 Å². The van der Waals surface area contributed by atoms with Crippen molar-refractivity contribution in [1.29, 1.82) is 0 Å². The summed E-state index contributed by atoms with van der Waals surface area (Å²) in [5.74, 6) is 0.706. The smallest absolute Gasteiger partial charge is 0.247 e. The quantitative estimate of drug-likeness (QED) is 0.700. The summed E-state index contributed by atoms with van der Waals surface area (Å²) in [4.78, 5) is 0. The van der Waals surface area contributed by atoms with E-state index >= 15 is 0 Å². The van der Waals surface area contributed by atoms with E-state index in [1.807, 2.05) is 6.92 Å². The largest absolute Gasteiger partial charge is 0.376 e. The number of hydrogen-bond acceptors (Lipinski definition) is 8. The molecular formula is C11H21O6PS2. The monoisotopic (exact) mass is 344 g/mol. The van der Waals surface area contributed by atoms with Crippen molar-refractivity contribution in [1.82, 2.24) is 0 Å². The third-order valence-corrected chi connectivity index (χ3v) is 8.67. The maximum atomic E-state index is 6.03. The maximum absolute atomic E-state index is 6.03. The molecule has 0 bridgehead atoms. The van der Waals surface area contributed by atoms with Crippen molar-refractivity contribution in [2.75, 3.05) is 33.7 Å². The molecule has 0 saturated carbocycles. The van der Waals surface area contributed by atoms with E-state index in [2.05, 4.69) is 0 Å². The van der Waals surface area contributed by atoms with E-state index in [1.165, 1.54) is 11.4 Å².